The third kappa shape index (κ3) is 6.83. The van der Waals surface area contributed by atoms with Crippen LogP contribution in [0.1, 0.15) is 31.7 Å². The van der Waals surface area contributed by atoms with E-state index in [4.69, 9.17) is 0 Å². The van der Waals surface area contributed by atoms with E-state index in [0.717, 1.165) is 74.5 Å². The van der Waals surface area contributed by atoms with Gasteiger partial charge in [0.25, 0.3) is 5.91 Å². The van der Waals surface area contributed by atoms with E-state index >= 15 is 0 Å². The average Bonchev–Trinajstić information content (AvgIpc) is 2.93. The molecule has 37 heavy (non-hydrogen) atoms. The van der Waals surface area contributed by atoms with E-state index in [9.17, 15) is 4.79 Å². The molecule has 8 heteroatoms. The number of rotatable bonds is 7. The van der Waals surface area contributed by atoms with Gasteiger partial charge in [-0.05, 0) is 49.9 Å². The summed E-state index contributed by atoms with van der Waals surface area (Å²) in [6.07, 6.45) is 18.3. The number of hydrogen-bond acceptors (Lipinski definition) is 7. The summed E-state index contributed by atoms with van der Waals surface area (Å²) in [5.41, 5.74) is 3.78. The maximum absolute atomic E-state index is 13.0. The van der Waals surface area contributed by atoms with Gasteiger partial charge >= 0.3 is 0 Å². The van der Waals surface area contributed by atoms with Crippen LogP contribution in [0, 0.1) is 11.8 Å². The van der Waals surface area contributed by atoms with Crippen molar-refractivity contribution in [1.29, 1.82) is 0 Å². The van der Waals surface area contributed by atoms with Crippen molar-refractivity contribution in [2.24, 2.45) is 16.8 Å². The van der Waals surface area contributed by atoms with Crippen LogP contribution in [0.4, 0.5) is 0 Å². The number of aromatic nitrogens is 1. The highest BCUT2D eigenvalue weighted by molar-refractivity contribution is 5.97. The summed E-state index contributed by atoms with van der Waals surface area (Å²) in [6, 6.07) is 4.16. The SMILES string of the molecule is CC1CC=C(NC(=O)C2=CCC(CN3CCN(C)CC3)C=C2)CC1NC1N=CC=C(c2cccnc2)N1. The zero-order valence-electron chi connectivity index (χ0n) is 21.9. The topological polar surface area (TPSA) is 84.9 Å². The highest BCUT2D eigenvalue weighted by Gasteiger charge is 2.27. The number of amides is 1. The van der Waals surface area contributed by atoms with Crippen LogP contribution in [0.15, 0.2) is 71.2 Å². The molecule has 2 aliphatic carbocycles. The van der Waals surface area contributed by atoms with Crippen LogP contribution < -0.4 is 16.0 Å². The van der Waals surface area contributed by atoms with Gasteiger partial charge in [-0.1, -0.05) is 31.2 Å². The first-order valence-corrected chi connectivity index (χ1v) is 13.5. The summed E-state index contributed by atoms with van der Waals surface area (Å²) in [7, 11) is 2.18. The number of aliphatic imine (C=N–C) groups is 1. The van der Waals surface area contributed by atoms with Crippen molar-refractivity contribution in [3.63, 3.8) is 0 Å². The predicted octanol–water partition coefficient (Wildman–Crippen LogP) is 2.52. The van der Waals surface area contributed by atoms with E-state index in [1.165, 1.54) is 0 Å². The van der Waals surface area contributed by atoms with Crippen molar-refractivity contribution >= 4 is 17.8 Å². The molecule has 0 aromatic carbocycles. The third-order valence-corrected chi connectivity index (χ3v) is 7.79. The van der Waals surface area contributed by atoms with Crippen molar-refractivity contribution in [3.8, 4) is 0 Å². The normalized spacial score (nSPS) is 28.6. The second-order valence-corrected chi connectivity index (χ2v) is 10.7. The fraction of sp³-hybridized carbons (Fsp3) is 0.483. The Morgan fingerprint density at radius 1 is 1.19 bits per heavy atom. The van der Waals surface area contributed by atoms with Crippen LogP contribution in [0.3, 0.4) is 0 Å². The number of carbonyl (C=O) groups is 1. The lowest BCUT2D eigenvalue weighted by atomic mass is 9.88. The Bertz CT molecular complexity index is 1100. The first-order valence-electron chi connectivity index (χ1n) is 13.5. The first-order chi connectivity index (χ1) is 18.0. The third-order valence-electron chi connectivity index (χ3n) is 7.79. The molecule has 3 heterocycles. The molecule has 1 saturated heterocycles. The number of pyridine rings is 1. The van der Waals surface area contributed by atoms with Crippen LogP contribution in [-0.4, -0.2) is 79.0 Å². The predicted molar refractivity (Wildman–Crippen MR) is 148 cm³/mol. The molecule has 2 aliphatic heterocycles. The highest BCUT2D eigenvalue weighted by Crippen LogP contribution is 2.25. The molecular weight excluding hydrogens is 462 g/mol. The molecule has 4 unspecified atom stereocenters. The Hall–Kier alpha value is -3.07. The summed E-state index contributed by atoms with van der Waals surface area (Å²) < 4.78 is 0. The number of nitrogens with one attached hydrogen (secondary N) is 3. The van der Waals surface area contributed by atoms with Gasteiger partial charge in [0, 0.05) is 86.3 Å². The van der Waals surface area contributed by atoms with Gasteiger partial charge in [-0.3, -0.25) is 20.1 Å². The van der Waals surface area contributed by atoms with Crippen molar-refractivity contribution in [2.45, 2.75) is 38.5 Å². The van der Waals surface area contributed by atoms with Gasteiger partial charge in [-0.15, -0.1) is 0 Å². The molecule has 0 radical (unpaired) electrons. The highest BCUT2D eigenvalue weighted by atomic mass is 16.1. The van der Waals surface area contributed by atoms with Gasteiger partial charge < -0.3 is 20.4 Å². The zero-order valence-corrected chi connectivity index (χ0v) is 21.9. The van der Waals surface area contributed by atoms with E-state index in [1.807, 2.05) is 36.7 Å². The summed E-state index contributed by atoms with van der Waals surface area (Å²) in [5.74, 6) is 0.913. The lowest BCUT2D eigenvalue weighted by Crippen LogP contribution is -2.50. The number of piperazine rings is 1. The minimum atomic E-state index is -0.219. The van der Waals surface area contributed by atoms with E-state index in [-0.39, 0.29) is 18.2 Å². The van der Waals surface area contributed by atoms with Crippen LogP contribution >= 0.6 is 0 Å². The van der Waals surface area contributed by atoms with E-state index < -0.39 is 0 Å². The summed E-state index contributed by atoms with van der Waals surface area (Å²) >= 11 is 0. The molecule has 1 aromatic heterocycles. The van der Waals surface area contributed by atoms with E-state index in [0.29, 0.717) is 11.8 Å². The maximum atomic E-state index is 13.0. The van der Waals surface area contributed by atoms with Crippen molar-refractivity contribution in [2.75, 3.05) is 39.8 Å². The smallest absolute Gasteiger partial charge is 0.255 e. The second kappa shape index (κ2) is 12.0. The van der Waals surface area contributed by atoms with Gasteiger partial charge in [0.1, 0.15) is 0 Å². The average molecular weight is 502 g/mol. The Balaban J connectivity index is 1.10. The largest absolute Gasteiger partial charge is 0.351 e. The van der Waals surface area contributed by atoms with Crippen LogP contribution in [0.5, 0.6) is 0 Å². The van der Waals surface area contributed by atoms with Crippen molar-refractivity contribution in [3.05, 3.63) is 71.7 Å². The minimum absolute atomic E-state index is 0.00976. The molecule has 4 atom stereocenters. The van der Waals surface area contributed by atoms with Gasteiger partial charge in [0.2, 0.25) is 0 Å². The molecule has 8 nitrogen and oxygen atoms in total. The monoisotopic (exact) mass is 501 g/mol. The number of hydrogen-bond donors (Lipinski definition) is 3. The number of likely N-dealkylation sites (N-methyl/N-ethyl adjacent to an activating group) is 1. The molecule has 1 aromatic rings. The Kier molecular flexibility index (Phi) is 8.28. The number of nitrogens with zero attached hydrogens (tertiary/aromatic N) is 4. The molecule has 1 fully saturated rings. The van der Waals surface area contributed by atoms with Gasteiger partial charge in [-0.2, -0.15) is 0 Å². The lowest BCUT2D eigenvalue weighted by Gasteiger charge is -2.34. The molecule has 196 valence electrons. The molecule has 3 N–H and O–H groups in total. The minimum Gasteiger partial charge on any atom is -0.351 e. The Morgan fingerprint density at radius 2 is 2.05 bits per heavy atom. The first kappa shape index (κ1) is 25.6. The summed E-state index contributed by atoms with van der Waals surface area (Å²) in [5, 5.41) is 10.3. The molecule has 4 aliphatic rings. The summed E-state index contributed by atoms with van der Waals surface area (Å²) in [4.78, 5) is 26.7. The van der Waals surface area contributed by atoms with Crippen LogP contribution in [0.25, 0.3) is 5.70 Å². The molecular formula is C29H39N7O. The van der Waals surface area contributed by atoms with Crippen molar-refractivity contribution < 1.29 is 4.79 Å². The fourth-order valence-corrected chi connectivity index (χ4v) is 5.31. The quantitative estimate of drug-likeness (QED) is 0.533. The van der Waals surface area contributed by atoms with Gasteiger partial charge in [0.15, 0.2) is 6.29 Å². The Labute approximate surface area is 220 Å². The fourth-order valence-electron chi connectivity index (χ4n) is 5.31. The molecule has 1 amide bonds. The van der Waals surface area contributed by atoms with Crippen molar-refractivity contribution in [1.82, 2.24) is 30.7 Å². The maximum Gasteiger partial charge on any atom is 0.255 e. The van der Waals surface area contributed by atoms with Crippen LogP contribution in [-0.2, 0) is 4.79 Å². The Morgan fingerprint density at radius 3 is 2.81 bits per heavy atom. The lowest BCUT2D eigenvalue weighted by molar-refractivity contribution is -0.116. The number of allylic oxidation sites excluding steroid dienone is 3. The molecule has 0 bridgehead atoms. The van der Waals surface area contributed by atoms with Gasteiger partial charge in [0.05, 0.1) is 0 Å². The van der Waals surface area contributed by atoms with Crippen LogP contribution in [0.2, 0.25) is 0 Å². The molecule has 0 saturated carbocycles. The van der Waals surface area contributed by atoms with E-state index in [1.54, 1.807) is 6.20 Å². The molecule has 0 spiro atoms. The number of carbonyl (C=O) groups excluding carboxylic acids is 1. The standard InChI is InChI=1S/C29H39N7O/c1-21-5-10-25(18-27(21)34-29-31-13-11-26(33-29)24-4-3-12-30-19-24)32-28(37)23-8-6-22(7-9-23)20-36-16-14-35(2)15-17-36/h3-4,6,8-13,19,21-22,27,29,33-34H,5,7,14-18,20H2,1-2H3,(H,32,37). The second-order valence-electron chi connectivity index (χ2n) is 10.7. The van der Waals surface area contributed by atoms with E-state index in [2.05, 4.69) is 67.9 Å². The van der Waals surface area contributed by atoms with Gasteiger partial charge in [-0.25, -0.2) is 0 Å². The summed E-state index contributed by atoms with van der Waals surface area (Å²) in [6.45, 7) is 7.83. The molecule has 5 rings (SSSR count). The zero-order chi connectivity index (χ0) is 25.6.